The standard InChI is InChI=1S/C11H8FNO4/c1-5(11(16)17)13-9(14)7-3-2-6(12)4-8(7)10(13)15/h2-5H,1H3,(H,16,17). The van der Waals surface area contributed by atoms with Crippen molar-refractivity contribution in [2.24, 2.45) is 0 Å². The van der Waals surface area contributed by atoms with Crippen LogP contribution in [0.1, 0.15) is 27.6 Å². The molecule has 88 valence electrons. The quantitative estimate of drug-likeness (QED) is 0.775. The van der Waals surface area contributed by atoms with Crippen molar-refractivity contribution in [2.45, 2.75) is 13.0 Å². The third-order valence-corrected chi connectivity index (χ3v) is 2.62. The van der Waals surface area contributed by atoms with Gasteiger partial charge in [-0.2, -0.15) is 0 Å². The molecule has 1 aromatic rings. The molecule has 1 aromatic carbocycles. The van der Waals surface area contributed by atoms with Crippen LogP contribution in [0, 0.1) is 5.82 Å². The molecule has 1 atom stereocenters. The highest BCUT2D eigenvalue weighted by atomic mass is 19.1. The highest BCUT2D eigenvalue weighted by Crippen LogP contribution is 2.25. The maximum absolute atomic E-state index is 13.0. The Labute approximate surface area is 95.5 Å². The summed E-state index contributed by atoms with van der Waals surface area (Å²) in [5, 5.41) is 8.79. The second kappa shape index (κ2) is 3.65. The summed E-state index contributed by atoms with van der Waals surface area (Å²) in [5.74, 6) is -3.42. The van der Waals surface area contributed by atoms with Gasteiger partial charge < -0.3 is 5.11 Å². The van der Waals surface area contributed by atoms with Crippen LogP contribution >= 0.6 is 0 Å². The number of nitrogens with zero attached hydrogens (tertiary/aromatic N) is 1. The van der Waals surface area contributed by atoms with Gasteiger partial charge in [0.15, 0.2) is 0 Å². The molecular weight excluding hydrogens is 229 g/mol. The Hall–Kier alpha value is -2.24. The van der Waals surface area contributed by atoms with Crippen LogP contribution in [0.25, 0.3) is 0 Å². The molecular formula is C11H8FNO4. The molecule has 17 heavy (non-hydrogen) atoms. The minimum Gasteiger partial charge on any atom is -0.480 e. The molecule has 0 fully saturated rings. The van der Waals surface area contributed by atoms with Gasteiger partial charge in [0.05, 0.1) is 11.1 Å². The molecule has 2 rings (SSSR count). The molecule has 0 saturated carbocycles. The number of hydrogen-bond donors (Lipinski definition) is 1. The van der Waals surface area contributed by atoms with E-state index in [1.807, 2.05) is 0 Å². The molecule has 0 bridgehead atoms. The smallest absolute Gasteiger partial charge is 0.326 e. The molecule has 0 aromatic heterocycles. The minimum absolute atomic E-state index is 0.0319. The SMILES string of the molecule is CC(C(=O)O)N1C(=O)c2ccc(F)cc2C1=O. The van der Waals surface area contributed by atoms with Crippen LogP contribution in [-0.4, -0.2) is 33.8 Å². The van der Waals surface area contributed by atoms with E-state index >= 15 is 0 Å². The molecule has 0 spiro atoms. The lowest BCUT2D eigenvalue weighted by Crippen LogP contribution is -2.42. The molecule has 6 heteroatoms. The van der Waals surface area contributed by atoms with Gasteiger partial charge in [0.1, 0.15) is 11.9 Å². The largest absolute Gasteiger partial charge is 0.480 e. The lowest BCUT2D eigenvalue weighted by Gasteiger charge is -2.17. The Kier molecular flexibility index (Phi) is 2.42. The van der Waals surface area contributed by atoms with Gasteiger partial charge in [0.25, 0.3) is 11.8 Å². The Morgan fingerprint density at radius 1 is 1.29 bits per heavy atom. The van der Waals surface area contributed by atoms with Gasteiger partial charge in [-0.25, -0.2) is 9.18 Å². The summed E-state index contributed by atoms with van der Waals surface area (Å²) in [5.41, 5.74) is -0.0624. The summed E-state index contributed by atoms with van der Waals surface area (Å²) < 4.78 is 13.0. The summed E-state index contributed by atoms with van der Waals surface area (Å²) >= 11 is 0. The van der Waals surface area contributed by atoms with Crippen LogP contribution < -0.4 is 0 Å². The molecule has 1 N–H and O–H groups in total. The van der Waals surface area contributed by atoms with Crippen molar-refractivity contribution in [3.63, 3.8) is 0 Å². The Balaban J connectivity index is 2.49. The van der Waals surface area contributed by atoms with E-state index in [9.17, 15) is 18.8 Å². The first kappa shape index (κ1) is 11.3. The maximum Gasteiger partial charge on any atom is 0.326 e. The van der Waals surface area contributed by atoms with Crippen molar-refractivity contribution in [3.8, 4) is 0 Å². The van der Waals surface area contributed by atoms with E-state index in [-0.39, 0.29) is 11.1 Å². The van der Waals surface area contributed by atoms with Crippen molar-refractivity contribution in [3.05, 3.63) is 35.1 Å². The van der Waals surface area contributed by atoms with E-state index in [1.165, 1.54) is 13.0 Å². The third kappa shape index (κ3) is 1.57. The summed E-state index contributed by atoms with van der Waals surface area (Å²) in [4.78, 5) is 35.0. The van der Waals surface area contributed by atoms with Gasteiger partial charge in [-0.3, -0.25) is 14.5 Å². The topological polar surface area (TPSA) is 74.7 Å². The number of carbonyl (C=O) groups is 3. The highest BCUT2D eigenvalue weighted by Gasteiger charge is 2.40. The van der Waals surface area contributed by atoms with Crippen molar-refractivity contribution in [1.29, 1.82) is 0 Å². The number of halogens is 1. The number of hydrogen-bond acceptors (Lipinski definition) is 3. The van der Waals surface area contributed by atoms with Crippen LogP contribution in [0.15, 0.2) is 18.2 Å². The molecule has 0 saturated heterocycles. The van der Waals surface area contributed by atoms with Gasteiger partial charge in [-0.05, 0) is 25.1 Å². The highest BCUT2D eigenvalue weighted by molar-refractivity contribution is 6.22. The average molecular weight is 237 g/mol. The lowest BCUT2D eigenvalue weighted by atomic mass is 10.1. The third-order valence-electron chi connectivity index (χ3n) is 2.62. The zero-order valence-corrected chi connectivity index (χ0v) is 8.81. The van der Waals surface area contributed by atoms with Crippen molar-refractivity contribution < 1.29 is 23.9 Å². The molecule has 0 aliphatic carbocycles. The molecule has 2 amide bonds. The van der Waals surface area contributed by atoms with Gasteiger partial charge in [0.2, 0.25) is 0 Å². The van der Waals surface area contributed by atoms with Crippen molar-refractivity contribution in [2.75, 3.05) is 0 Å². The van der Waals surface area contributed by atoms with E-state index < -0.39 is 29.6 Å². The summed E-state index contributed by atoms with van der Waals surface area (Å²) in [6.07, 6.45) is 0. The van der Waals surface area contributed by atoms with E-state index in [4.69, 9.17) is 5.11 Å². The first-order valence-corrected chi connectivity index (χ1v) is 4.83. The summed E-state index contributed by atoms with van der Waals surface area (Å²) in [6.45, 7) is 1.22. The number of benzene rings is 1. The van der Waals surface area contributed by atoms with E-state index in [0.717, 1.165) is 12.1 Å². The molecule has 1 aliphatic rings. The van der Waals surface area contributed by atoms with Crippen LogP contribution in [0.3, 0.4) is 0 Å². The Bertz CT molecular complexity index is 540. The first-order chi connectivity index (χ1) is 7.93. The Morgan fingerprint density at radius 3 is 2.47 bits per heavy atom. The number of carbonyl (C=O) groups excluding carboxylic acids is 2. The van der Waals surface area contributed by atoms with Crippen LogP contribution in [-0.2, 0) is 4.79 Å². The van der Waals surface area contributed by atoms with Crippen LogP contribution in [0.4, 0.5) is 4.39 Å². The average Bonchev–Trinajstić information content (AvgIpc) is 2.50. The Morgan fingerprint density at radius 2 is 1.88 bits per heavy atom. The van der Waals surface area contributed by atoms with Gasteiger partial charge >= 0.3 is 5.97 Å². The number of imide groups is 1. The van der Waals surface area contributed by atoms with E-state index in [0.29, 0.717) is 4.90 Å². The maximum atomic E-state index is 13.0. The zero-order valence-electron chi connectivity index (χ0n) is 8.81. The second-order valence-corrected chi connectivity index (χ2v) is 3.68. The minimum atomic E-state index is -1.29. The van der Waals surface area contributed by atoms with E-state index in [2.05, 4.69) is 0 Å². The van der Waals surface area contributed by atoms with Crippen molar-refractivity contribution >= 4 is 17.8 Å². The van der Waals surface area contributed by atoms with Crippen molar-refractivity contribution in [1.82, 2.24) is 4.90 Å². The molecule has 1 heterocycles. The van der Waals surface area contributed by atoms with Crippen LogP contribution in [0.2, 0.25) is 0 Å². The number of fused-ring (bicyclic) bond motifs is 1. The molecule has 5 nitrogen and oxygen atoms in total. The second-order valence-electron chi connectivity index (χ2n) is 3.68. The van der Waals surface area contributed by atoms with Gasteiger partial charge in [-0.1, -0.05) is 0 Å². The fraction of sp³-hybridized carbons (Fsp3) is 0.182. The molecule has 0 radical (unpaired) electrons. The molecule has 1 unspecified atom stereocenters. The predicted molar refractivity (Wildman–Crippen MR) is 54.0 cm³/mol. The normalized spacial score (nSPS) is 16.0. The fourth-order valence-corrected chi connectivity index (χ4v) is 1.69. The van der Waals surface area contributed by atoms with Crippen LogP contribution in [0.5, 0.6) is 0 Å². The zero-order chi connectivity index (χ0) is 12.7. The number of aliphatic carboxylic acids is 1. The predicted octanol–water partition coefficient (Wildman–Crippen LogP) is 0.895. The summed E-state index contributed by atoms with van der Waals surface area (Å²) in [7, 11) is 0. The number of amides is 2. The number of carboxylic acid groups (broad SMARTS) is 1. The van der Waals surface area contributed by atoms with Gasteiger partial charge in [0, 0.05) is 0 Å². The van der Waals surface area contributed by atoms with Gasteiger partial charge in [-0.15, -0.1) is 0 Å². The monoisotopic (exact) mass is 237 g/mol. The summed E-state index contributed by atoms with van der Waals surface area (Å²) in [6, 6.07) is 1.90. The number of carboxylic acids is 1. The first-order valence-electron chi connectivity index (χ1n) is 4.83. The molecule has 1 aliphatic heterocycles. The fourth-order valence-electron chi connectivity index (χ4n) is 1.69. The number of rotatable bonds is 2. The lowest BCUT2D eigenvalue weighted by molar-refractivity contribution is -0.140. The van der Waals surface area contributed by atoms with E-state index in [1.54, 1.807) is 0 Å².